The monoisotopic (exact) mass is 561 g/mol. The van der Waals surface area contributed by atoms with Crippen molar-refractivity contribution in [2.75, 3.05) is 11.9 Å². The number of amides is 2. The van der Waals surface area contributed by atoms with Crippen LogP contribution in [0.25, 0.3) is 0 Å². The number of anilines is 1. The summed E-state index contributed by atoms with van der Waals surface area (Å²) in [5, 5.41) is 6.65. The smallest absolute Gasteiger partial charge is 0.329 e. The van der Waals surface area contributed by atoms with Crippen LogP contribution in [0.1, 0.15) is 23.6 Å². The molecule has 0 unspecified atom stereocenters. The Kier molecular flexibility index (Phi) is 9.22. The molecule has 0 aliphatic heterocycles. The van der Waals surface area contributed by atoms with Crippen LogP contribution in [0.15, 0.2) is 64.2 Å². The van der Waals surface area contributed by atoms with Crippen molar-refractivity contribution in [2.24, 2.45) is 5.10 Å². The number of hydrazone groups is 1. The first kappa shape index (κ1) is 26.2. The number of ether oxygens (including phenoxy) is 2. The Labute approximate surface area is 215 Å². The van der Waals surface area contributed by atoms with Gasteiger partial charge < -0.3 is 14.8 Å². The third-order valence-corrected chi connectivity index (χ3v) is 5.53. The Balaban J connectivity index is 1.61. The summed E-state index contributed by atoms with van der Waals surface area (Å²) in [5.41, 5.74) is 4.75. The van der Waals surface area contributed by atoms with Crippen molar-refractivity contribution in [1.29, 1.82) is 0 Å². The summed E-state index contributed by atoms with van der Waals surface area (Å²) < 4.78 is 25.5. The third kappa shape index (κ3) is 7.53. The van der Waals surface area contributed by atoms with E-state index in [0.717, 1.165) is 10.0 Å². The Morgan fingerprint density at radius 1 is 1.06 bits per heavy atom. The number of carbonyl (C=O) groups excluding carboxylic acids is 2. The molecule has 7 nitrogen and oxygen atoms in total. The Morgan fingerprint density at radius 2 is 1.86 bits per heavy atom. The maximum atomic E-state index is 13.2. The molecule has 0 radical (unpaired) electrons. The molecular formula is C25H22BrClFN3O4. The molecule has 2 N–H and O–H groups in total. The molecule has 35 heavy (non-hydrogen) atoms. The Morgan fingerprint density at radius 3 is 2.57 bits per heavy atom. The first-order valence-electron chi connectivity index (χ1n) is 10.5. The van der Waals surface area contributed by atoms with E-state index < -0.39 is 17.6 Å². The number of halogens is 3. The second-order valence-corrected chi connectivity index (χ2v) is 8.60. The molecule has 0 heterocycles. The molecule has 0 saturated carbocycles. The quantitative estimate of drug-likeness (QED) is 0.212. The maximum Gasteiger partial charge on any atom is 0.329 e. The largest absolute Gasteiger partial charge is 0.490 e. The summed E-state index contributed by atoms with van der Waals surface area (Å²) in [6.07, 6.45) is 1.37. The fraction of sp³-hybridized carbons (Fsp3) is 0.160. The summed E-state index contributed by atoms with van der Waals surface area (Å²) in [6, 6.07) is 14.4. The minimum absolute atomic E-state index is 0.121. The minimum atomic E-state index is -0.912. The van der Waals surface area contributed by atoms with Crippen molar-refractivity contribution in [3.63, 3.8) is 0 Å². The standard InChI is InChI=1S/C25H22BrClFN3O4/c1-3-34-23-11-16(4-9-22(23)35-14-17-5-7-19(28)12-20(17)27)13-29-31-25(33)24(32)30-21-8-6-18(26)10-15(21)2/h4-13H,3,14H2,1-2H3,(H,30,32)(H,31,33)/b29-13+. The number of hydrogen-bond acceptors (Lipinski definition) is 5. The lowest BCUT2D eigenvalue weighted by molar-refractivity contribution is -0.136. The predicted octanol–water partition coefficient (Wildman–Crippen LogP) is 5.62. The number of nitrogens with one attached hydrogen (secondary N) is 2. The molecule has 10 heteroatoms. The van der Waals surface area contributed by atoms with E-state index in [2.05, 4.69) is 31.8 Å². The van der Waals surface area contributed by atoms with Gasteiger partial charge in [-0.1, -0.05) is 33.6 Å². The normalized spacial score (nSPS) is 10.8. The van der Waals surface area contributed by atoms with Gasteiger partial charge in [0.25, 0.3) is 0 Å². The highest BCUT2D eigenvalue weighted by atomic mass is 79.9. The van der Waals surface area contributed by atoms with Crippen LogP contribution in [-0.2, 0) is 16.2 Å². The van der Waals surface area contributed by atoms with Crippen molar-refractivity contribution in [1.82, 2.24) is 5.43 Å². The van der Waals surface area contributed by atoms with Crippen LogP contribution in [0.2, 0.25) is 5.02 Å². The lowest BCUT2D eigenvalue weighted by Crippen LogP contribution is -2.32. The number of benzene rings is 3. The van der Waals surface area contributed by atoms with Gasteiger partial charge in [-0.15, -0.1) is 0 Å². The average Bonchev–Trinajstić information content (AvgIpc) is 2.81. The lowest BCUT2D eigenvalue weighted by Gasteiger charge is -2.13. The number of nitrogens with zero attached hydrogens (tertiary/aromatic N) is 1. The molecular weight excluding hydrogens is 541 g/mol. The fourth-order valence-corrected chi connectivity index (χ4v) is 3.65. The molecule has 182 valence electrons. The summed E-state index contributed by atoms with van der Waals surface area (Å²) >= 11 is 9.40. The number of carbonyl (C=O) groups is 2. The average molecular weight is 563 g/mol. The van der Waals surface area contributed by atoms with Gasteiger partial charge in [0.1, 0.15) is 12.4 Å². The molecule has 0 bridgehead atoms. The van der Waals surface area contributed by atoms with Gasteiger partial charge in [0.2, 0.25) is 0 Å². The SMILES string of the molecule is CCOc1cc(/C=N/NC(=O)C(=O)Nc2ccc(Br)cc2C)ccc1OCc1ccc(F)cc1Cl. The highest BCUT2D eigenvalue weighted by Gasteiger charge is 2.14. The summed E-state index contributed by atoms with van der Waals surface area (Å²) in [7, 11) is 0. The van der Waals surface area contributed by atoms with Crippen LogP contribution in [0, 0.1) is 12.7 Å². The molecule has 3 aromatic rings. The lowest BCUT2D eigenvalue weighted by atomic mass is 10.2. The van der Waals surface area contributed by atoms with Gasteiger partial charge in [0, 0.05) is 15.7 Å². The van der Waals surface area contributed by atoms with Gasteiger partial charge in [0.05, 0.1) is 17.8 Å². The van der Waals surface area contributed by atoms with Gasteiger partial charge in [-0.25, -0.2) is 9.82 Å². The Bertz CT molecular complexity index is 1270. The van der Waals surface area contributed by atoms with E-state index in [1.54, 1.807) is 36.4 Å². The van der Waals surface area contributed by atoms with E-state index in [9.17, 15) is 14.0 Å². The van der Waals surface area contributed by atoms with E-state index in [4.69, 9.17) is 21.1 Å². The molecule has 0 aromatic heterocycles. The molecule has 0 fully saturated rings. The van der Waals surface area contributed by atoms with Crippen molar-refractivity contribution >= 4 is 51.2 Å². The van der Waals surface area contributed by atoms with Crippen LogP contribution < -0.4 is 20.2 Å². The van der Waals surface area contributed by atoms with Crippen LogP contribution in [0.5, 0.6) is 11.5 Å². The van der Waals surface area contributed by atoms with E-state index in [-0.39, 0.29) is 11.6 Å². The topological polar surface area (TPSA) is 89.0 Å². The third-order valence-electron chi connectivity index (χ3n) is 4.69. The molecule has 3 rings (SSSR count). The Hall–Kier alpha value is -3.43. The maximum absolute atomic E-state index is 13.2. The molecule has 3 aromatic carbocycles. The van der Waals surface area contributed by atoms with Gasteiger partial charge in [-0.2, -0.15) is 5.10 Å². The second kappa shape index (κ2) is 12.3. The molecule has 0 atom stereocenters. The zero-order valence-corrected chi connectivity index (χ0v) is 21.2. The van der Waals surface area contributed by atoms with Crippen LogP contribution in [0.3, 0.4) is 0 Å². The highest BCUT2D eigenvalue weighted by molar-refractivity contribution is 9.10. The summed E-state index contributed by atoms with van der Waals surface area (Å²) in [6.45, 7) is 4.15. The predicted molar refractivity (Wildman–Crippen MR) is 137 cm³/mol. The first-order chi connectivity index (χ1) is 16.8. The molecule has 2 amide bonds. The number of hydrogen-bond donors (Lipinski definition) is 2. The molecule has 0 spiro atoms. The van der Waals surface area contributed by atoms with Crippen molar-refractivity contribution in [3.8, 4) is 11.5 Å². The minimum Gasteiger partial charge on any atom is -0.490 e. The van der Waals surface area contributed by atoms with Crippen LogP contribution in [-0.4, -0.2) is 24.6 Å². The van der Waals surface area contributed by atoms with E-state index >= 15 is 0 Å². The van der Waals surface area contributed by atoms with Crippen molar-refractivity contribution < 1.29 is 23.5 Å². The summed E-state index contributed by atoms with van der Waals surface area (Å²) in [5.74, 6) is -1.27. The van der Waals surface area contributed by atoms with E-state index in [0.29, 0.717) is 34.9 Å². The van der Waals surface area contributed by atoms with Crippen LogP contribution >= 0.6 is 27.5 Å². The zero-order chi connectivity index (χ0) is 25.4. The van der Waals surface area contributed by atoms with Crippen molar-refractivity contribution in [3.05, 3.63) is 86.6 Å². The number of rotatable bonds is 8. The van der Waals surface area contributed by atoms with Gasteiger partial charge in [-0.3, -0.25) is 9.59 Å². The molecule has 0 saturated heterocycles. The van der Waals surface area contributed by atoms with Crippen molar-refractivity contribution in [2.45, 2.75) is 20.5 Å². The van der Waals surface area contributed by atoms with E-state index in [1.807, 2.05) is 19.9 Å². The van der Waals surface area contributed by atoms with Gasteiger partial charge in [-0.05, 0) is 73.5 Å². The van der Waals surface area contributed by atoms with Gasteiger partial charge in [0.15, 0.2) is 11.5 Å². The summed E-state index contributed by atoms with van der Waals surface area (Å²) in [4.78, 5) is 24.2. The van der Waals surface area contributed by atoms with Crippen LogP contribution in [0.4, 0.5) is 10.1 Å². The first-order valence-corrected chi connectivity index (χ1v) is 11.7. The fourth-order valence-electron chi connectivity index (χ4n) is 2.95. The number of aryl methyl sites for hydroxylation is 1. The highest BCUT2D eigenvalue weighted by Crippen LogP contribution is 2.30. The van der Waals surface area contributed by atoms with Gasteiger partial charge >= 0.3 is 11.8 Å². The molecule has 0 aliphatic rings. The van der Waals surface area contributed by atoms with E-state index in [1.165, 1.54) is 18.3 Å². The second-order valence-electron chi connectivity index (χ2n) is 7.28. The molecule has 0 aliphatic carbocycles. The zero-order valence-electron chi connectivity index (χ0n) is 18.9.